The predicted octanol–water partition coefficient (Wildman–Crippen LogP) is 2.03. The van der Waals surface area contributed by atoms with Gasteiger partial charge in [0.05, 0.1) is 11.6 Å². The number of amides is 2. The van der Waals surface area contributed by atoms with E-state index in [4.69, 9.17) is 22.1 Å². The van der Waals surface area contributed by atoms with E-state index in [1.807, 2.05) is 0 Å². The van der Waals surface area contributed by atoms with Gasteiger partial charge < -0.3 is 10.5 Å². The van der Waals surface area contributed by atoms with Gasteiger partial charge in [0.15, 0.2) is 23.1 Å². The molecule has 0 atom stereocenters. The van der Waals surface area contributed by atoms with Gasteiger partial charge in [-0.25, -0.2) is 15.0 Å². The summed E-state index contributed by atoms with van der Waals surface area (Å²) >= 11 is 5.88. The Morgan fingerprint density at radius 2 is 1.81 bits per heavy atom. The standard InChI is InChI=1S/C22H20ClN7O6S/c23-14-2-7-17(27-12-14)28-22-29(10-1-11-36-22)15-3-5-16(6-4-15)30(13-37(33,34)35)21(32)19-18(20(24)31)25-8-9-26-19/h2-9,12H,1,10-11,13H2,(H2,24,31)(H,33,34,35). The predicted molar refractivity (Wildman–Crippen MR) is 134 cm³/mol. The monoisotopic (exact) mass is 545 g/mol. The van der Waals surface area contributed by atoms with Gasteiger partial charge in [-0.1, -0.05) is 11.6 Å². The molecule has 1 aliphatic heterocycles. The quantitative estimate of drug-likeness (QED) is 0.417. The van der Waals surface area contributed by atoms with Crippen molar-refractivity contribution in [3.63, 3.8) is 0 Å². The van der Waals surface area contributed by atoms with Crippen molar-refractivity contribution in [2.75, 3.05) is 28.8 Å². The lowest BCUT2D eigenvalue weighted by Crippen LogP contribution is -2.39. The van der Waals surface area contributed by atoms with E-state index < -0.39 is 39.2 Å². The molecule has 0 unspecified atom stereocenters. The van der Waals surface area contributed by atoms with Crippen LogP contribution < -0.4 is 15.5 Å². The molecule has 1 fully saturated rings. The highest BCUT2D eigenvalue weighted by molar-refractivity contribution is 7.85. The Hall–Kier alpha value is -4.14. The van der Waals surface area contributed by atoms with Gasteiger partial charge in [0.2, 0.25) is 0 Å². The molecule has 3 N–H and O–H groups in total. The van der Waals surface area contributed by atoms with Crippen LogP contribution in [0, 0.1) is 0 Å². The van der Waals surface area contributed by atoms with E-state index in [-0.39, 0.29) is 5.69 Å². The summed E-state index contributed by atoms with van der Waals surface area (Å²) in [6.07, 6.45) is 4.49. The number of ether oxygens (including phenoxy) is 1. The molecular weight excluding hydrogens is 526 g/mol. The topological polar surface area (TPSA) is 181 Å². The molecule has 2 aromatic heterocycles. The number of nitrogens with zero attached hydrogens (tertiary/aromatic N) is 6. The second kappa shape index (κ2) is 10.9. The third kappa shape index (κ3) is 6.35. The van der Waals surface area contributed by atoms with E-state index in [1.165, 1.54) is 18.3 Å². The number of hydrogen-bond donors (Lipinski definition) is 2. The minimum Gasteiger partial charge on any atom is -0.465 e. The molecule has 3 heterocycles. The van der Waals surface area contributed by atoms with E-state index in [2.05, 4.69) is 19.9 Å². The first kappa shape index (κ1) is 25.9. The van der Waals surface area contributed by atoms with E-state index in [1.54, 1.807) is 29.2 Å². The van der Waals surface area contributed by atoms with Crippen LogP contribution in [0.5, 0.6) is 0 Å². The second-order valence-corrected chi connectivity index (χ2v) is 9.52. The maximum Gasteiger partial charge on any atom is 0.298 e. The highest BCUT2D eigenvalue weighted by Gasteiger charge is 2.28. The fourth-order valence-corrected chi connectivity index (χ4v) is 4.16. The Balaban J connectivity index is 1.66. The number of carbonyl (C=O) groups excluding carboxylic acids is 2. The van der Waals surface area contributed by atoms with Crippen LogP contribution in [0.15, 0.2) is 60.0 Å². The summed E-state index contributed by atoms with van der Waals surface area (Å²) in [5.74, 6) is -2.72. The van der Waals surface area contributed by atoms with Gasteiger partial charge in [-0.15, -0.1) is 0 Å². The Morgan fingerprint density at radius 3 is 2.43 bits per heavy atom. The average molecular weight is 546 g/mol. The second-order valence-electron chi connectivity index (χ2n) is 7.66. The highest BCUT2D eigenvalue weighted by Crippen LogP contribution is 2.26. The molecule has 2 amide bonds. The number of amidine groups is 1. The van der Waals surface area contributed by atoms with Gasteiger partial charge in [0, 0.05) is 36.5 Å². The summed E-state index contributed by atoms with van der Waals surface area (Å²) in [4.78, 5) is 43.6. The minimum atomic E-state index is -4.66. The van der Waals surface area contributed by atoms with Crippen molar-refractivity contribution in [3.8, 4) is 0 Å². The zero-order valence-electron chi connectivity index (χ0n) is 19.1. The van der Waals surface area contributed by atoms with Crippen LogP contribution in [0.1, 0.15) is 27.4 Å². The molecule has 0 aliphatic carbocycles. The van der Waals surface area contributed by atoms with Crippen molar-refractivity contribution in [2.45, 2.75) is 6.42 Å². The number of benzene rings is 1. The number of pyridine rings is 1. The Labute approximate surface area is 216 Å². The van der Waals surface area contributed by atoms with Gasteiger partial charge in [0.25, 0.3) is 28.0 Å². The summed E-state index contributed by atoms with van der Waals surface area (Å²) in [7, 11) is -4.66. The zero-order valence-corrected chi connectivity index (χ0v) is 20.6. The lowest BCUT2D eigenvalue weighted by Gasteiger charge is -2.30. The molecule has 15 heteroatoms. The molecule has 0 spiro atoms. The molecule has 0 radical (unpaired) electrons. The molecule has 0 saturated carbocycles. The van der Waals surface area contributed by atoms with Crippen molar-refractivity contribution < 1.29 is 27.3 Å². The summed E-state index contributed by atoms with van der Waals surface area (Å²) in [6.45, 7) is 1.03. The van der Waals surface area contributed by atoms with Crippen LogP contribution in [-0.4, -0.2) is 64.8 Å². The summed E-state index contributed by atoms with van der Waals surface area (Å²) < 4.78 is 38.6. The average Bonchev–Trinajstić information content (AvgIpc) is 2.88. The SMILES string of the molecule is NC(=O)c1nccnc1C(=O)N(CS(=O)(=O)O)c1ccc(N2CCCOC2=Nc2ccc(Cl)cn2)cc1. The van der Waals surface area contributed by atoms with Crippen LogP contribution in [0.4, 0.5) is 17.2 Å². The fraction of sp³-hybridized carbons (Fsp3) is 0.182. The van der Waals surface area contributed by atoms with E-state index in [0.717, 1.165) is 17.3 Å². The first-order valence-electron chi connectivity index (χ1n) is 10.7. The van der Waals surface area contributed by atoms with Crippen molar-refractivity contribution in [2.24, 2.45) is 10.7 Å². The Bertz CT molecular complexity index is 1450. The summed E-state index contributed by atoms with van der Waals surface area (Å²) in [5, 5.41) is 0.467. The van der Waals surface area contributed by atoms with Crippen molar-refractivity contribution in [1.82, 2.24) is 15.0 Å². The van der Waals surface area contributed by atoms with Gasteiger partial charge in [-0.05, 0) is 42.8 Å². The Morgan fingerprint density at radius 1 is 1.11 bits per heavy atom. The third-order valence-corrected chi connectivity index (χ3v) is 5.86. The number of anilines is 2. The van der Waals surface area contributed by atoms with E-state index in [9.17, 15) is 22.6 Å². The van der Waals surface area contributed by atoms with E-state index >= 15 is 0 Å². The molecule has 192 valence electrons. The maximum atomic E-state index is 13.2. The number of primary amides is 1. The number of halogens is 1. The normalized spacial score (nSPS) is 14.8. The molecule has 4 rings (SSSR count). The van der Waals surface area contributed by atoms with Crippen LogP contribution in [0.25, 0.3) is 0 Å². The molecular formula is C22H20ClN7O6S. The molecule has 1 aliphatic rings. The largest absolute Gasteiger partial charge is 0.465 e. The first-order chi connectivity index (χ1) is 17.6. The third-order valence-electron chi connectivity index (χ3n) is 5.05. The number of carbonyl (C=O) groups is 2. The maximum absolute atomic E-state index is 13.2. The zero-order chi connectivity index (χ0) is 26.6. The molecule has 13 nitrogen and oxygen atoms in total. The smallest absolute Gasteiger partial charge is 0.298 e. The number of nitrogens with two attached hydrogens (primary N) is 1. The Kier molecular flexibility index (Phi) is 7.61. The van der Waals surface area contributed by atoms with Gasteiger partial charge >= 0.3 is 0 Å². The van der Waals surface area contributed by atoms with Crippen molar-refractivity contribution >= 4 is 56.7 Å². The lowest BCUT2D eigenvalue weighted by molar-refractivity contribution is 0.0954. The number of aromatic nitrogens is 3. The molecule has 1 saturated heterocycles. The summed E-state index contributed by atoms with van der Waals surface area (Å²) in [5.41, 5.74) is 5.11. The van der Waals surface area contributed by atoms with Gasteiger partial charge in [-0.2, -0.15) is 13.4 Å². The van der Waals surface area contributed by atoms with Crippen LogP contribution in [0.2, 0.25) is 5.02 Å². The number of aliphatic imine (C=N–C) groups is 1. The first-order valence-corrected chi connectivity index (χ1v) is 12.7. The van der Waals surface area contributed by atoms with Crippen LogP contribution >= 0.6 is 11.6 Å². The molecule has 3 aromatic rings. The van der Waals surface area contributed by atoms with Crippen LogP contribution in [-0.2, 0) is 14.9 Å². The lowest BCUT2D eigenvalue weighted by atomic mass is 10.2. The van der Waals surface area contributed by atoms with Gasteiger partial charge in [0.1, 0.15) is 0 Å². The van der Waals surface area contributed by atoms with Crippen molar-refractivity contribution in [1.29, 1.82) is 0 Å². The highest BCUT2D eigenvalue weighted by atomic mass is 35.5. The molecule has 1 aromatic carbocycles. The summed E-state index contributed by atoms with van der Waals surface area (Å²) in [6, 6.07) is 9.75. The van der Waals surface area contributed by atoms with Gasteiger partial charge in [-0.3, -0.25) is 23.9 Å². The molecule has 0 bridgehead atoms. The van der Waals surface area contributed by atoms with E-state index in [0.29, 0.717) is 42.1 Å². The number of rotatable bonds is 7. The minimum absolute atomic E-state index is 0.100. The van der Waals surface area contributed by atoms with Crippen LogP contribution in [0.3, 0.4) is 0 Å². The van der Waals surface area contributed by atoms with Crippen molar-refractivity contribution in [3.05, 3.63) is 71.4 Å². The molecule has 37 heavy (non-hydrogen) atoms. The number of hydrogen-bond acceptors (Lipinski definition) is 9. The fourth-order valence-electron chi connectivity index (χ4n) is 3.45.